The van der Waals surface area contributed by atoms with Crippen molar-refractivity contribution in [2.24, 2.45) is 0 Å². The Kier molecular flexibility index (Phi) is 4.86. The second-order valence-corrected chi connectivity index (χ2v) is 4.11. The van der Waals surface area contributed by atoms with Crippen molar-refractivity contribution >= 4 is 17.9 Å². The summed E-state index contributed by atoms with van der Waals surface area (Å²) < 4.78 is 9.91. The number of hydrogen-bond donors (Lipinski definition) is 2. The van der Waals surface area contributed by atoms with E-state index < -0.39 is 12.1 Å². The fourth-order valence-corrected chi connectivity index (χ4v) is 1.56. The van der Waals surface area contributed by atoms with E-state index in [1.165, 1.54) is 7.11 Å². The number of hydrogen-bond acceptors (Lipinski definition) is 6. The Labute approximate surface area is 125 Å². The lowest BCUT2D eigenvalue weighted by atomic mass is 10.2. The summed E-state index contributed by atoms with van der Waals surface area (Å²) in [5, 5.41) is 11.2. The van der Waals surface area contributed by atoms with Gasteiger partial charge in [-0.3, -0.25) is 5.32 Å². The monoisotopic (exact) mass is 303 g/mol. The summed E-state index contributed by atoms with van der Waals surface area (Å²) >= 11 is 0. The first-order valence-corrected chi connectivity index (χ1v) is 6.22. The van der Waals surface area contributed by atoms with Crippen molar-refractivity contribution in [3.05, 3.63) is 47.8 Å². The SMILES string of the molecule is COc1nc(C(=O)O)cnc1NC(=O)OCc1ccccc1. The highest BCUT2D eigenvalue weighted by Gasteiger charge is 2.15. The molecule has 0 radical (unpaired) electrons. The van der Waals surface area contributed by atoms with Crippen molar-refractivity contribution in [1.29, 1.82) is 0 Å². The van der Waals surface area contributed by atoms with Crippen molar-refractivity contribution in [3.63, 3.8) is 0 Å². The zero-order chi connectivity index (χ0) is 15.9. The third-order valence-corrected chi connectivity index (χ3v) is 2.59. The molecule has 0 aliphatic carbocycles. The molecule has 8 nitrogen and oxygen atoms in total. The van der Waals surface area contributed by atoms with Gasteiger partial charge in [-0.2, -0.15) is 0 Å². The molecule has 2 N–H and O–H groups in total. The lowest BCUT2D eigenvalue weighted by Gasteiger charge is -2.09. The lowest BCUT2D eigenvalue weighted by Crippen LogP contribution is -2.16. The van der Waals surface area contributed by atoms with Gasteiger partial charge >= 0.3 is 12.1 Å². The minimum atomic E-state index is -1.25. The molecule has 0 aliphatic heterocycles. The van der Waals surface area contributed by atoms with Crippen molar-refractivity contribution in [1.82, 2.24) is 9.97 Å². The lowest BCUT2D eigenvalue weighted by molar-refractivity contribution is 0.0689. The molecule has 0 saturated carbocycles. The van der Waals surface area contributed by atoms with Gasteiger partial charge in [-0.1, -0.05) is 30.3 Å². The smallest absolute Gasteiger partial charge is 0.413 e. The summed E-state index contributed by atoms with van der Waals surface area (Å²) in [5.74, 6) is -1.38. The maximum atomic E-state index is 11.7. The molecule has 22 heavy (non-hydrogen) atoms. The number of carboxylic acids is 1. The average Bonchev–Trinajstić information content (AvgIpc) is 2.54. The van der Waals surface area contributed by atoms with Crippen molar-refractivity contribution in [2.45, 2.75) is 6.61 Å². The van der Waals surface area contributed by atoms with Crippen LogP contribution in [0, 0.1) is 0 Å². The van der Waals surface area contributed by atoms with E-state index in [0.29, 0.717) is 0 Å². The molecule has 2 aromatic rings. The van der Waals surface area contributed by atoms with Crippen LogP contribution in [0.3, 0.4) is 0 Å². The highest BCUT2D eigenvalue weighted by Crippen LogP contribution is 2.18. The van der Waals surface area contributed by atoms with Gasteiger partial charge in [-0.05, 0) is 5.56 Å². The van der Waals surface area contributed by atoms with Gasteiger partial charge in [0.25, 0.3) is 5.88 Å². The number of carbonyl (C=O) groups excluding carboxylic acids is 1. The normalized spacial score (nSPS) is 9.86. The molecule has 1 aromatic heterocycles. The first kappa shape index (κ1) is 15.2. The van der Waals surface area contributed by atoms with Gasteiger partial charge in [0.05, 0.1) is 13.3 Å². The molecule has 2 rings (SSSR count). The second kappa shape index (κ2) is 7.02. The maximum Gasteiger partial charge on any atom is 0.413 e. The number of aromatic carboxylic acids is 1. The predicted molar refractivity (Wildman–Crippen MR) is 75.8 cm³/mol. The van der Waals surface area contributed by atoms with Crippen molar-refractivity contribution in [2.75, 3.05) is 12.4 Å². The number of carboxylic acid groups (broad SMARTS) is 1. The van der Waals surface area contributed by atoms with E-state index in [1.54, 1.807) is 0 Å². The van der Waals surface area contributed by atoms with Gasteiger partial charge in [-0.25, -0.2) is 19.6 Å². The highest BCUT2D eigenvalue weighted by atomic mass is 16.5. The van der Waals surface area contributed by atoms with Gasteiger partial charge < -0.3 is 14.6 Å². The van der Waals surface area contributed by atoms with Crippen LogP contribution in [-0.2, 0) is 11.3 Å². The standard InChI is InChI=1S/C14H13N3O5/c1-21-12-11(15-7-10(16-12)13(18)19)17-14(20)22-8-9-5-3-2-4-6-9/h2-7H,8H2,1H3,(H,18,19)(H,15,17,20). The Morgan fingerprint density at radius 2 is 2.00 bits per heavy atom. The number of aromatic nitrogens is 2. The van der Waals surface area contributed by atoms with Crippen LogP contribution in [0.1, 0.15) is 16.1 Å². The number of nitrogens with zero attached hydrogens (tertiary/aromatic N) is 2. The second-order valence-electron chi connectivity index (χ2n) is 4.11. The molecule has 0 spiro atoms. The molecular formula is C14H13N3O5. The van der Waals surface area contributed by atoms with Gasteiger partial charge in [-0.15, -0.1) is 0 Å². The molecule has 0 bridgehead atoms. The van der Waals surface area contributed by atoms with E-state index in [9.17, 15) is 9.59 Å². The number of methoxy groups -OCH3 is 1. The average molecular weight is 303 g/mol. The predicted octanol–water partition coefficient (Wildman–Crippen LogP) is 1.93. The third-order valence-electron chi connectivity index (χ3n) is 2.59. The summed E-state index contributed by atoms with van der Waals surface area (Å²) in [4.78, 5) is 30.0. The third kappa shape index (κ3) is 3.92. The van der Waals surface area contributed by atoms with Crippen molar-refractivity contribution < 1.29 is 24.2 Å². The number of carbonyl (C=O) groups is 2. The van der Waals surface area contributed by atoms with Gasteiger partial charge in [0.1, 0.15) is 6.61 Å². The fraction of sp³-hybridized carbons (Fsp3) is 0.143. The van der Waals surface area contributed by atoms with Crippen LogP contribution in [0.2, 0.25) is 0 Å². The molecule has 0 atom stereocenters. The van der Waals surface area contributed by atoms with Crippen LogP contribution in [0.5, 0.6) is 5.88 Å². The van der Waals surface area contributed by atoms with Crippen LogP contribution in [0.15, 0.2) is 36.5 Å². The van der Waals surface area contributed by atoms with Gasteiger partial charge in [0.2, 0.25) is 0 Å². The zero-order valence-corrected chi connectivity index (χ0v) is 11.6. The van der Waals surface area contributed by atoms with Crippen molar-refractivity contribution in [3.8, 4) is 5.88 Å². The Hall–Kier alpha value is -3.16. The first-order chi connectivity index (χ1) is 10.6. The van der Waals surface area contributed by atoms with E-state index >= 15 is 0 Å². The van der Waals surface area contributed by atoms with Crippen LogP contribution in [0.4, 0.5) is 10.6 Å². The number of amides is 1. The molecule has 1 heterocycles. The topological polar surface area (TPSA) is 111 Å². The van der Waals surface area contributed by atoms with Gasteiger partial charge in [0, 0.05) is 0 Å². The molecule has 8 heteroatoms. The molecule has 1 amide bonds. The molecule has 0 fully saturated rings. The quantitative estimate of drug-likeness (QED) is 0.868. The van der Waals surface area contributed by atoms with E-state index in [-0.39, 0.29) is 24.0 Å². The Bertz CT molecular complexity index is 675. The molecule has 114 valence electrons. The largest absolute Gasteiger partial charge is 0.478 e. The van der Waals surface area contributed by atoms with Crippen LogP contribution in [0.25, 0.3) is 0 Å². The summed E-state index contributed by atoms with van der Waals surface area (Å²) in [6.07, 6.45) is 0.261. The summed E-state index contributed by atoms with van der Waals surface area (Å²) in [6.45, 7) is 0.0929. The maximum absolute atomic E-state index is 11.7. The number of nitrogens with one attached hydrogen (secondary N) is 1. The number of anilines is 1. The molecular weight excluding hydrogens is 290 g/mol. The minimum Gasteiger partial charge on any atom is -0.478 e. The van der Waals surface area contributed by atoms with E-state index in [4.69, 9.17) is 14.6 Å². The number of rotatable bonds is 5. The number of benzene rings is 1. The van der Waals surface area contributed by atoms with E-state index in [2.05, 4.69) is 15.3 Å². The summed E-state index contributed by atoms with van der Waals surface area (Å²) in [5.41, 5.74) is 0.539. The number of ether oxygens (including phenoxy) is 2. The van der Waals surface area contributed by atoms with E-state index in [1.807, 2.05) is 30.3 Å². The Morgan fingerprint density at radius 1 is 1.27 bits per heavy atom. The fourth-order valence-electron chi connectivity index (χ4n) is 1.56. The van der Waals surface area contributed by atoms with Crippen LogP contribution < -0.4 is 10.1 Å². The van der Waals surface area contributed by atoms with Crippen LogP contribution in [-0.4, -0.2) is 34.2 Å². The molecule has 0 aliphatic rings. The van der Waals surface area contributed by atoms with Crippen LogP contribution >= 0.6 is 0 Å². The first-order valence-electron chi connectivity index (χ1n) is 6.22. The summed E-state index contributed by atoms with van der Waals surface area (Å²) in [7, 11) is 1.29. The highest BCUT2D eigenvalue weighted by molar-refractivity contribution is 5.87. The molecule has 0 unspecified atom stereocenters. The Balaban J connectivity index is 2.00. The van der Waals surface area contributed by atoms with E-state index in [0.717, 1.165) is 11.8 Å². The molecule has 0 saturated heterocycles. The Morgan fingerprint density at radius 3 is 2.64 bits per heavy atom. The minimum absolute atomic E-state index is 0.0226. The zero-order valence-electron chi connectivity index (χ0n) is 11.6. The van der Waals surface area contributed by atoms with Gasteiger partial charge in [0.15, 0.2) is 11.5 Å². The summed E-state index contributed by atoms with van der Waals surface area (Å²) in [6, 6.07) is 9.14. The molecule has 1 aromatic carbocycles.